The van der Waals surface area contributed by atoms with E-state index in [0.29, 0.717) is 17.1 Å². The van der Waals surface area contributed by atoms with E-state index in [1.165, 1.54) is 4.90 Å². The van der Waals surface area contributed by atoms with E-state index in [1.807, 2.05) is 60.7 Å². The zero-order valence-electron chi connectivity index (χ0n) is 19.3. The fraction of sp³-hybridized carbons (Fsp3) is 0.308. The summed E-state index contributed by atoms with van der Waals surface area (Å²) < 4.78 is 12.2. The van der Waals surface area contributed by atoms with E-state index >= 15 is 0 Å². The molecule has 0 N–H and O–H groups in total. The normalized spacial score (nSPS) is 18.2. The maximum atomic E-state index is 13.9. The molecule has 2 aromatic carbocycles. The van der Waals surface area contributed by atoms with Crippen LogP contribution < -0.4 is 4.90 Å². The summed E-state index contributed by atoms with van der Waals surface area (Å²) in [4.78, 5) is 30.2. The van der Waals surface area contributed by atoms with Gasteiger partial charge in [-0.2, -0.15) is 0 Å². The molecule has 1 aliphatic rings. The van der Waals surface area contributed by atoms with Gasteiger partial charge in [0.1, 0.15) is 11.8 Å². The van der Waals surface area contributed by atoms with Crippen molar-refractivity contribution < 1.29 is 18.4 Å². The van der Waals surface area contributed by atoms with Crippen molar-refractivity contribution in [2.75, 3.05) is 4.90 Å². The van der Waals surface area contributed by atoms with E-state index in [4.69, 9.17) is 8.84 Å². The number of hydrogen-bond acceptors (Lipinski definition) is 4. The predicted molar refractivity (Wildman–Crippen MR) is 131 cm³/mol. The zero-order valence-corrected chi connectivity index (χ0v) is 20.3. The largest absolute Gasteiger partial charge is 0.467 e. The van der Waals surface area contributed by atoms with E-state index in [0.717, 1.165) is 18.1 Å². The van der Waals surface area contributed by atoms with Crippen molar-refractivity contribution in [2.24, 2.45) is 0 Å². The number of furan rings is 1. The molecule has 33 heavy (non-hydrogen) atoms. The van der Waals surface area contributed by atoms with Gasteiger partial charge in [0.05, 0.1) is 17.6 Å². The number of benzene rings is 2. The van der Waals surface area contributed by atoms with Crippen LogP contribution in [-0.2, 0) is 9.22 Å². The molecule has 0 saturated carbocycles. The van der Waals surface area contributed by atoms with Crippen LogP contribution in [0.2, 0.25) is 18.1 Å². The zero-order chi connectivity index (χ0) is 23.4. The minimum Gasteiger partial charge on any atom is -0.467 e. The number of hydrogen-bond donors (Lipinski definition) is 0. The Hall–Kier alpha value is -3.16. The second kappa shape index (κ2) is 9.76. The number of likely N-dealkylation sites (tertiary alicyclic amines) is 1. The number of imide groups is 1. The van der Waals surface area contributed by atoms with Crippen LogP contribution in [0.15, 0.2) is 83.5 Å². The lowest BCUT2D eigenvalue weighted by Crippen LogP contribution is -2.66. The number of urea groups is 1. The van der Waals surface area contributed by atoms with Gasteiger partial charge in [-0.3, -0.25) is 9.69 Å². The molecule has 172 valence electrons. The van der Waals surface area contributed by atoms with Gasteiger partial charge in [-0.15, -0.1) is 0 Å². The first-order valence-electron chi connectivity index (χ1n) is 11.5. The molecule has 0 bridgehead atoms. The number of carbonyl (C=O) groups is 2. The monoisotopic (exact) mass is 462 g/mol. The summed E-state index contributed by atoms with van der Waals surface area (Å²) in [6.45, 7) is 6.37. The fourth-order valence-corrected chi connectivity index (χ4v) is 7.20. The molecule has 1 fully saturated rings. The maximum Gasteiger partial charge on any atom is 0.336 e. The van der Waals surface area contributed by atoms with Gasteiger partial charge in [0.15, 0.2) is 14.4 Å². The lowest BCUT2D eigenvalue weighted by Gasteiger charge is -2.48. The molecule has 7 heteroatoms. The lowest BCUT2D eigenvalue weighted by molar-refractivity contribution is -0.159. The summed E-state index contributed by atoms with van der Waals surface area (Å²) in [6, 6.07) is 24.0. The second-order valence-corrected chi connectivity index (χ2v) is 13.0. The summed E-state index contributed by atoms with van der Waals surface area (Å²) in [5.74, 6) is 0.241. The van der Waals surface area contributed by atoms with Crippen LogP contribution in [0.4, 0.5) is 16.2 Å². The highest BCUT2D eigenvalue weighted by atomic mass is 28.4. The average molecular weight is 463 g/mol. The molecule has 0 unspecified atom stereocenters. The van der Waals surface area contributed by atoms with Crippen molar-refractivity contribution in [3.63, 3.8) is 0 Å². The third kappa shape index (κ3) is 4.26. The highest BCUT2D eigenvalue weighted by molar-refractivity contribution is 6.73. The first-order valence-corrected chi connectivity index (χ1v) is 14.1. The number of β-lactam (4-membered cyclic amide) rings is 1. The van der Waals surface area contributed by atoms with Crippen molar-refractivity contribution in [1.82, 2.24) is 4.90 Å². The minimum atomic E-state index is -2.08. The molecule has 2 atom stereocenters. The Morgan fingerprint density at radius 2 is 1.45 bits per heavy atom. The Balaban J connectivity index is 1.71. The fourth-order valence-electron chi connectivity index (χ4n) is 4.43. The van der Waals surface area contributed by atoms with Gasteiger partial charge in [0.2, 0.25) is 0 Å². The molecule has 3 amide bonds. The van der Waals surface area contributed by atoms with Crippen LogP contribution in [0.3, 0.4) is 0 Å². The average Bonchev–Trinajstić information content (AvgIpc) is 3.39. The van der Waals surface area contributed by atoms with Crippen LogP contribution in [0.25, 0.3) is 0 Å². The van der Waals surface area contributed by atoms with Gasteiger partial charge in [-0.05, 0) is 54.5 Å². The van der Waals surface area contributed by atoms with Crippen molar-refractivity contribution in [1.29, 1.82) is 0 Å². The summed E-state index contributed by atoms with van der Waals surface area (Å²) in [5.41, 5.74) is 1.37. The quantitative estimate of drug-likeness (QED) is 0.283. The van der Waals surface area contributed by atoms with E-state index in [2.05, 4.69) is 20.8 Å². The third-order valence-electron chi connectivity index (χ3n) is 6.62. The van der Waals surface area contributed by atoms with Gasteiger partial charge in [0, 0.05) is 0 Å². The van der Waals surface area contributed by atoms with Crippen LogP contribution in [-0.4, -0.2) is 31.3 Å². The number of rotatable bonds is 8. The van der Waals surface area contributed by atoms with E-state index in [-0.39, 0.29) is 5.91 Å². The molecule has 6 nitrogen and oxygen atoms in total. The minimum absolute atomic E-state index is 0.314. The van der Waals surface area contributed by atoms with E-state index in [9.17, 15) is 9.59 Å². The molecule has 4 rings (SSSR count). The van der Waals surface area contributed by atoms with Crippen molar-refractivity contribution >= 4 is 31.6 Å². The second-order valence-electron chi connectivity index (χ2n) is 8.24. The van der Waals surface area contributed by atoms with Crippen molar-refractivity contribution in [3.05, 3.63) is 84.8 Å². The first-order chi connectivity index (χ1) is 16.0. The topological polar surface area (TPSA) is 63.0 Å². The number of carbonyl (C=O) groups excluding carboxylic acids is 2. The van der Waals surface area contributed by atoms with Crippen LogP contribution in [0.1, 0.15) is 32.6 Å². The summed E-state index contributed by atoms with van der Waals surface area (Å²) in [6.07, 6.45) is 0.855. The standard InChI is InChI=1S/C26H30N2O4Si/c1-4-33(5-2,6-3)32-24-23(22-18-13-19-31-22)28(25(24)29)26(30)27(20-14-9-7-10-15-20)21-16-11-8-12-17-21/h7-19,23-24H,4-6H2,1-3H3/t23-,24+/m1/s1. The van der Waals surface area contributed by atoms with Gasteiger partial charge >= 0.3 is 6.03 Å². The molecule has 3 aromatic rings. The highest BCUT2D eigenvalue weighted by Gasteiger charge is 2.57. The number of nitrogens with zero attached hydrogens (tertiary/aromatic N) is 2. The summed E-state index contributed by atoms with van der Waals surface area (Å²) in [5, 5.41) is 0. The van der Waals surface area contributed by atoms with Crippen LogP contribution in [0, 0.1) is 0 Å². The number of anilines is 2. The molecule has 0 spiro atoms. The molecular formula is C26H30N2O4Si. The van der Waals surface area contributed by atoms with Crippen LogP contribution >= 0.6 is 0 Å². The Labute approximate surface area is 195 Å². The number of para-hydroxylation sites is 2. The molecule has 1 saturated heterocycles. The highest BCUT2D eigenvalue weighted by Crippen LogP contribution is 2.42. The van der Waals surface area contributed by atoms with E-state index in [1.54, 1.807) is 23.3 Å². The summed E-state index contributed by atoms with van der Waals surface area (Å²) >= 11 is 0. The Morgan fingerprint density at radius 3 is 1.91 bits per heavy atom. The molecule has 0 aliphatic carbocycles. The van der Waals surface area contributed by atoms with Crippen LogP contribution in [0.5, 0.6) is 0 Å². The molecule has 1 aromatic heterocycles. The molecule has 1 aliphatic heterocycles. The summed E-state index contributed by atoms with van der Waals surface area (Å²) in [7, 11) is -2.08. The van der Waals surface area contributed by atoms with Gasteiger partial charge < -0.3 is 8.84 Å². The SMILES string of the molecule is CC[Si](CC)(CC)O[C@@H]1C(=O)N(C(=O)N(c2ccccc2)c2ccccc2)[C@@H]1c1ccco1. The Bertz CT molecular complexity index is 1020. The Kier molecular flexibility index (Phi) is 6.81. The van der Waals surface area contributed by atoms with Crippen molar-refractivity contribution in [2.45, 2.75) is 51.0 Å². The Morgan fingerprint density at radius 1 is 0.909 bits per heavy atom. The lowest BCUT2D eigenvalue weighted by atomic mass is 9.96. The third-order valence-corrected chi connectivity index (χ3v) is 11.2. The van der Waals surface area contributed by atoms with E-state index < -0.39 is 26.5 Å². The van der Waals surface area contributed by atoms with Crippen molar-refractivity contribution in [3.8, 4) is 0 Å². The first kappa shape index (κ1) is 23.0. The smallest absolute Gasteiger partial charge is 0.336 e. The van der Waals surface area contributed by atoms with Gasteiger partial charge in [-0.1, -0.05) is 57.2 Å². The van der Waals surface area contributed by atoms with Gasteiger partial charge in [0.25, 0.3) is 5.91 Å². The van der Waals surface area contributed by atoms with Gasteiger partial charge in [-0.25, -0.2) is 9.69 Å². The molecule has 0 radical (unpaired) electrons. The molecular weight excluding hydrogens is 432 g/mol. The predicted octanol–water partition coefficient (Wildman–Crippen LogP) is 6.51. The maximum absolute atomic E-state index is 13.9. The number of amides is 3. The molecule has 2 heterocycles.